The molecule has 1 aliphatic rings. The molecule has 196 valence electrons. The maximum atomic E-state index is 11.5. The maximum Gasteiger partial charge on any atom is 0.255 e. The number of benzene rings is 3. The molecular weight excluding hydrogens is 484 g/mol. The summed E-state index contributed by atoms with van der Waals surface area (Å²) in [5.41, 5.74) is 11.3. The van der Waals surface area contributed by atoms with Crippen molar-refractivity contribution in [2.75, 3.05) is 25.6 Å². The third kappa shape index (κ3) is 5.22. The molecule has 3 aromatic carbocycles. The highest BCUT2D eigenvalue weighted by atomic mass is 16.5. The molecule has 1 heterocycles. The van der Waals surface area contributed by atoms with E-state index in [1.165, 1.54) is 0 Å². The first-order valence-corrected chi connectivity index (χ1v) is 12.3. The zero-order valence-electron chi connectivity index (χ0n) is 21.6. The Morgan fingerprint density at radius 2 is 1.82 bits per heavy atom. The number of carbonyl (C=O) groups is 1. The fourth-order valence-electron chi connectivity index (χ4n) is 4.56. The molecule has 0 bridgehead atoms. The molecule has 0 fully saturated rings. The summed E-state index contributed by atoms with van der Waals surface area (Å²) in [5, 5.41) is 8.17. The summed E-state index contributed by atoms with van der Waals surface area (Å²) in [4.78, 5) is 11.5. The second-order valence-corrected chi connectivity index (χ2v) is 8.91. The zero-order valence-corrected chi connectivity index (χ0v) is 21.6. The summed E-state index contributed by atoms with van der Waals surface area (Å²) >= 11 is 0. The number of aryl methyl sites for hydroxylation is 1. The Balaban J connectivity index is 1.43. The first kappa shape index (κ1) is 25.0. The quantitative estimate of drug-likeness (QED) is 0.265. The van der Waals surface area contributed by atoms with Crippen LogP contribution in [0.1, 0.15) is 23.6 Å². The number of hydrogen-bond donors (Lipinski definition) is 2. The van der Waals surface area contributed by atoms with E-state index in [2.05, 4.69) is 5.32 Å². The third-order valence-electron chi connectivity index (χ3n) is 6.27. The lowest BCUT2D eigenvalue weighted by molar-refractivity contribution is -0.119. The topological polar surface area (TPSA) is 110 Å². The lowest BCUT2D eigenvalue weighted by Crippen LogP contribution is -2.20. The molecule has 1 aromatic heterocycles. The molecule has 1 aliphatic carbocycles. The smallest absolute Gasteiger partial charge is 0.255 e. The number of nitrogens with zero attached hydrogens (tertiary/aromatic N) is 2. The molecule has 0 atom stereocenters. The van der Waals surface area contributed by atoms with E-state index < -0.39 is 5.91 Å². The predicted octanol–water partition coefficient (Wildman–Crippen LogP) is 4.59. The lowest BCUT2D eigenvalue weighted by Gasteiger charge is -2.15. The molecule has 5 rings (SSSR count). The largest absolute Gasteiger partial charge is 0.497 e. The van der Waals surface area contributed by atoms with Crippen molar-refractivity contribution < 1.29 is 23.7 Å². The van der Waals surface area contributed by atoms with Gasteiger partial charge in [0.2, 0.25) is 0 Å². The highest BCUT2D eigenvalue weighted by molar-refractivity contribution is 5.82. The molecule has 3 N–H and O–H groups in total. The van der Waals surface area contributed by atoms with Crippen LogP contribution in [0.15, 0.2) is 60.7 Å². The minimum absolute atomic E-state index is 0.251. The molecule has 0 unspecified atom stereocenters. The Morgan fingerprint density at radius 3 is 2.55 bits per heavy atom. The minimum Gasteiger partial charge on any atom is -0.497 e. The van der Waals surface area contributed by atoms with E-state index in [0.717, 1.165) is 51.0 Å². The molecular formula is C29H30N4O5. The molecule has 38 heavy (non-hydrogen) atoms. The van der Waals surface area contributed by atoms with Gasteiger partial charge in [-0.3, -0.25) is 9.48 Å². The van der Waals surface area contributed by atoms with Crippen molar-refractivity contribution in [3.63, 3.8) is 0 Å². The van der Waals surface area contributed by atoms with Gasteiger partial charge in [0.1, 0.15) is 18.1 Å². The second-order valence-electron chi connectivity index (χ2n) is 8.91. The standard InChI is InChI=1S/C29H30N4O5/c1-4-36-22-7-5-6-20(14-22)31-29-24-12-19-13-25(37-16-18-8-10-21(35-3)11-9-18)26(38-17-27(30)34)15-23(19)28(24)33(2)32-29/h5-11,13-15H,4,12,16-17H2,1-3H3,(H2,30,34)(H,31,32). The van der Waals surface area contributed by atoms with Gasteiger partial charge < -0.3 is 30.0 Å². The van der Waals surface area contributed by atoms with Crippen LogP contribution in [-0.2, 0) is 24.9 Å². The molecule has 9 nitrogen and oxygen atoms in total. The first-order valence-electron chi connectivity index (χ1n) is 12.3. The number of amides is 1. The van der Waals surface area contributed by atoms with Gasteiger partial charge in [-0.1, -0.05) is 18.2 Å². The van der Waals surface area contributed by atoms with Gasteiger partial charge in [-0.15, -0.1) is 0 Å². The second kappa shape index (κ2) is 10.8. The van der Waals surface area contributed by atoms with E-state index in [4.69, 9.17) is 29.8 Å². The monoisotopic (exact) mass is 514 g/mol. The number of nitrogens with two attached hydrogens (primary N) is 1. The third-order valence-corrected chi connectivity index (χ3v) is 6.27. The van der Waals surface area contributed by atoms with Crippen molar-refractivity contribution in [3.8, 4) is 34.3 Å². The Bertz CT molecular complexity index is 1460. The molecule has 0 radical (unpaired) electrons. The van der Waals surface area contributed by atoms with Gasteiger partial charge in [0, 0.05) is 36.3 Å². The van der Waals surface area contributed by atoms with Crippen molar-refractivity contribution in [1.29, 1.82) is 0 Å². The average molecular weight is 515 g/mol. The summed E-state index contributed by atoms with van der Waals surface area (Å²) in [6, 6.07) is 19.3. The van der Waals surface area contributed by atoms with Gasteiger partial charge in [0.25, 0.3) is 5.91 Å². The van der Waals surface area contributed by atoms with E-state index in [1.807, 2.05) is 79.3 Å². The fraction of sp³-hybridized carbons (Fsp3) is 0.241. The maximum absolute atomic E-state index is 11.5. The molecule has 0 spiro atoms. The van der Waals surface area contributed by atoms with Crippen LogP contribution < -0.4 is 30.0 Å². The van der Waals surface area contributed by atoms with Crippen LogP contribution in [0, 0.1) is 0 Å². The number of hydrogen-bond acceptors (Lipinski definition) is 7. The van der Waals surface area contributed by atoms with E-state index in [9.17, 15) is 4.79 Å². The van der Waals surface area contributed by atoms with Crippen LogP contribution in [0.4, 0.5) is 11.5 Å². The highest BCUT2D eigenvalue weighted by Crippen LogP contribution is 2.45. The van der Waals surface area contributed by atoms with Crippen LogP contribution in [-0.4, -0.2) is 36.0 Å². The Labute approximate surface area is 221 Å². The molecule has 0 aliphatic heterocycles. The van der Waals surface area contributed by atoms with Gasteiger partial charge >= 0.3 is 0 Å². The SMILES string of the molecule is CCOc1cccc(Nc2nn(C)c3c2Cc2cc(OCc4ccc(OC)cc4)c(OCC(N)=O)cc2-3)c1. The number of primary amides is 1. The molecule has 9 heteroatoms. The zero-order chi connectivity index (χ0) is 26.6. The van der Waals surface area contributed by atoms with Crippen LogP contribution in [0.3, 0.4) is 0 Å². The molecule has 0 saturated carbocycles. The number of rotatable bonds is 11. The summed E-state index contributed by atoms with van der Waals surface area (Å²) < 4.78 is 24.6. The van der Waals surface area contributed by atoms with Crippen molar-refractivity contribution in [2.24, 2.45) is 12.8 Å². The van der Waals surface area contributed by atoms with Crippen molar-refractivity contribution in [1.82, 2.24) is 9.78 Å². The highest BCUT2D eigenvalue weighted by Gasteiger charge is 2.29. The van der Waals surface area contributed by atoms with Gasteiger partial charge in [0.05, 0.1) is 19.4 Å². The Hall–Kier alpha value is -4.66. The summed E-state index contributed by atoms with van der Waals surface area (Å²) in [6.45, 7) is 2.63. The number of ether oxygens (including phenoxy) is 4. The van der Waals surface area contributed by atoms with E-state index in [0.29, 0.717) is 31.1 Å². The van der Waals surface area contributed by atoms with Crippen LogP contribution in [0.5, 0.6) is 23.0 Å². The summed E-state index contributed by atoms with van der Waals surface area (Å²) in [5.74, 6) is 2.77. The van der Waals surface area contributed by atoms with E-state index in [1.54, 1.807) is 7.11 Å². The minimum atomic E-state index is -0.561. The number of carbonyl (C=O) groups excluding carboxylic acids is 1. The predicted molar refractivity (Wildman–Crippen MR) is 144 cm³/mol. The van der Waals surface area contributed by atoms with E-state index in [-0.39, 0.29) is 6.61 Å². The normalized spacial score (nSPS) is 11.4. The summed E-state index contributed by atoms with van der Waals surface area (Å²) in [7, 11) is 3.54. The fourth-order valence-corrected chi connectivity index (χ4v) is 4.56. The lowest BCUT2D eigenvalue weighted by atomic mass is 10.1. The van der Waals surface area contributed by atoms with Gasteiger partial charge in [-0.2, -0.15) is 5.10 Å². The number of nitrogens with one attached hydrogen (secondary N) is 1. The number of fused-ring (bicyclic) bond motifs is 3. The molecule has 4 aromatic rings. The molecule has 0 saturated heterocycles. The van der Waals surface area contributed by atoms with Crippen LogP contribution in [0.2, 0.25) is 0 Å². The number of aromatic nitrogens is 2. The van der Waals surface area contributed by atoms with Crippen LogP contribution in [0.25, 0.3) is 11.3 Å². The first-order chi connectivity index (χ1) is 18.4. The average Bonchev–Trinajstić information content (AvgIpc) is 3.43. The van der Waals surface area contributed by atoms with E-state index >= 15 is 0 Å². The van der Waals surface area contributed by atoms with Gasteiger partial charge in [0.15, 0.2) is 23.9 Å². The Morgan fingerprint density at radius 1 is 1.03 bits per heavy atom. The van der Waals surface area contributed by atoms with Gasteiger partial charge in [-0.05, 0) is 54.4 Å². The van der Waals surface area contributed by atoms with Crippen molar-refractivity contribution in [3.05, 3.63) is 77.4 Å². The van der Waals surface area contributed by atoms with Gasteiger partial charge in [-0.25, -0.2) is 0 Å². The number of methoxy groups -OCH3 is 1. The van der Waals surface area contributed by atoms with Crippen molar-refractivity contribution in [2.45, 2.75) is 20.0 Å². The molecule has 1 amide bonds. The Kier molecular flexibility index (Phi) is 7.08. The number of anilines is 2. The van der Waals surface area contributed by atoms with Crippen molar-refractivity contribution >= 4 is 17.4 Å². The summed E-state index contributed by atoms with van der Waals surface area (Å²) in [6.07, 6.45) is 0.668. The van der Waals surface area contributed by atoms with Crippen LogP contribution >= 0.6 is 0 Å².